The van der Waals surface area contributed by atoms with Gasteiger partial charge in [-0.05, 0) is 93.0 Å². The first-order chi connectivity index (χ1) is 18.5. The Balaban J connectivity index is 1.46. The molecule has 0 bridgehead atoms. The van der Waals surface area contributed by atoms with Crippen LogP contribution in [0.15, 0.2) is 109 Å². The molecule has 0 radical (unpaired) electrons. The molecule has 0 fully saturated rings. The Morgan fingerprint density at radius 2 is 1.34 bits per heavy atom. The average Bonchev–Trinajstić information content (AvgIpc) is 2.95. The SMILES string of the molecule is CC(Oc1ccc(C(=C2CCc3ccccc3N2)c2ccc(OC(=O)c3ccccc3)cc2)cc1)N(C)C. The number of ether oxygens (including phenoxy) is 2. The molecule has 0 aliphatic carbocycles. The Bertz CT molecular complexity index is 1430. The highest BCUT2D eigenvalue weighted by Crippen LogP contribution is 2.35. The van der Waals surface area contributed by atoms with Crippen LogP contribution in [0.25, 0.3) is 5.57 Å². The van der Waals surface area contributed by atoms with Crippen molar-refractivity contribution in [3.8, 4) is 11.5 Å². The van der Waals surface area contributed by atoms with Crippen molar-refractivity contribution in [2.24, 2.45) is 0 Å². The summed E-state index contributed by atoms with van der Waals surface area (Å²) in [6, 6.07) is 33.4. The molecule has 0 saturated heterocycles. The molecular formula is C33H32N2O3. The van der Waals surface area contributed by atoms with Crippen molar-refractivity contribution in [1.82, 2.24) is 4.90 Å². The summed E-state index contributed by atoms with van der Waals surface area (Å²) in [4.78, 5) is 14.5. The number of carbonyl (C=O) groups excluding carboxylic acids is 1. The van der Waals surface area contributed by atoms with Crippen LogP contribution < -0.4 is 14.8 Å². The van der Waals surface area contributed by atoms with Gasteiger partial charge in [0.25, 0.3) is 0 Å². The molecule has 1 aliphatic rings. The highest BCUT2D eigenvalue weighted by atomic mass is 16.5. The highest BCUT2D eigenvalue weighted by Gasteiger charge is 2.19. The van der Waals surface area contributed by atoms with E-state index in [0.717, 1.165) is 46.7 Å². The molecule has 5 heteroatoms. The maximum atomic E-state index is 12.5. The molecule has 4 aromatic carbocycles. The van der Waals surface area contributed by atoms with Crippen LogP contribution in [-0.4, -0.2) is 31.2 Å². The molecule has 5 nitrogen and oxygen atoms in total. The van der Waals surface area contributed by atoms with Crippen molar-refractivity contribution in [3.63, 3.8) is 0 Å². The van der Waals surface area contributed by atoms with Crippen molar-refractivity contribution in [3.05, 3.63) is 131 Å². The summed E-state index contributed by atoms with van der Waals surface area (Å²) in [6.07, 6.45) is 1.84. The molecule has 1 N–H and O–H groups in total. The number of hydrogen-bond acceptors (Lipinski definition) is 5. The number of nitrogens with zero attached hydrogens (tertiary/aromatic N) is 1. The molecule has 5 rings (SSSR count). The van der Waals surface area contributed by atoms with E-state index in [1.54, 1.807) is 12.1 Å². The van der Waals surface area contributed by atoms with Gasteiger partial charge in [-0.15, -0.1) is 0 Å². The first-order valence-electron chi connectivity index (χ1n) is 12.9. The van der Waals surface area contributed by atoms with E-state index in [4.69, 9.17) is 9.47 Å². The van der Waals surface area contributed by atoms with Crippen LogP contribution in [0.1, 0.15) is 40.4 Å². The van der Waals surface area contributed by atoms with E-state index >= 15 is 0 Å². The second-order valence-electron chi connectivity index (χ2n) is 9.62. The topological polar surface area (TPSA) is 50.8 Å². The Morgan fingerprint density at radius 1 is 0.737 bits per heavy atom. The quantitative estimate of drug-likeness (QED) is 0.167. The lowest BCUT2D eigenvalue weighted by atomic mass is 9.91. The number of rotatable bonds is 7. The largest absolute Gasteiger partial charge is 0.475 e. The Hall–Kier alpha value is -4.35. The fraction of sp³-hybridized carbons (Fsp3) is 0.182. The van der Waals surface area contributed by atoms with E-state index in [0.29, 0.717) is 11.3 Å². The van der Waals surface area contributed by atoms with Gasteiger partial charge in [0.2, 0.25) is 0 Å². The molecular weight excluding hydrogens is 472 g/mol. The fourth-order valence-electron chi connectivity index (χ4n) is 4.48. The van der Waals surface area contributed by atoms with Crippen LogP contribution in [0.3, 0.4) is 0 Å². The van der Waals surface area contributed by atoms with Gasteiger partial charge in [-0.1, -0.05) is 60.7 Å². The molecule has 38 heavy (non-hydrogen) atoms. The smallest absolute Gasteiger partial charge is 0.343 e. The van der Waals surface area contributed by atoms with Crippen LogP contribution in [0.5, 0.6) is 11.5 Å². The summed E-state index contributed by atoms with van der Waals surface area (Å²) in [6.45, 7) is 2.02. The highest BCUT2D eigenvalue weighted by molar-refractivity contribution is 5.91. The first kappa shape index (κ1) is 25.3. The van der Waals surface area contributed by atoms with Gasteiger partial charge in [0.1, 0.15) is 17.7 Å². The van der Waals surface area contributed by atoms with Crippen LogP contribution in [0, 0.1) is 0 Å². The molecule has 1 aliphatic heterocycles. The van der Waals surface area contributed by atoms with Crippen LogP contribution in [0.4, 0.5) is 5.69 Å². The third-order valence-corrected chi connectivity index (χ3v) is 6.79. The van der Waals surface area contributed by atoms with E-state index in [2.05, 4.69) is 41.7 Å². The van der Waals surface area contributed by atoms with Gasteiger partial charge in [0.05, 0.1) is 5.56 Å². The van der Waals surface area contributed by atoms with E-state index in [9.17, 15) is 4.79 Å². The number of nitrogens with one attached hydrogen (secondary N) is 1. The van der Waals surface area contributed by atoms with Crippen molar-refractivity contribution in [2.45, 2.75) is 26.0 Å². The number of hydrogen-bond donors (Lipinski definition) is 1. The Kier molecular flexibility index (Phi) is 7.57. The van der Waals surface area contributed by atoms with Crippen molar-refractivity contribution >= 4 is 17.2 Å². The van der Waals surface area contributed by atoms with Crippen molar-refractivity contribution < 1.29 is 14.3 Å². The number of benzene rings is 4. The van der Waals surface area contributed by atoms with Gasteiger partial charge >= 0.3 is 5.97 Å². The van der Waals surface area contributed by atoms with Gasteiger partial charge in [0, 0.05) is 17.0 Å². The number of esters is 1. The lowest BCUT2D eigenvalue weighted by molar-refractivity contribution is 0.0734. The molecule has 0 saturated carbocycles. The van der Waals surface area contributed by atoms with E-state index in [1.807, 2.05) is 80.5 Å². The zero-order valence-corrected chi connectivity index (χ0v) is 22.0. The second-order valence-corrected chi connectivity index (χ2v) is 9.62. The minimum absolute atomic E-state index is 0.0265. The molecule has 0 amide bonds. The zero-order chi connectivity index (χ0) is 26.5. The standard InChI is InChI=1S/C33H32N2O3/c1-23(35(2)3)37-28-18-13-25(14-19-28)32(31-22-17-24-9-7-8-12-30(24)34-31)26-15-20-29(21-16-26)38-33(36)27-10-5-4-6-11-27/h4-16,18-21,23,34H,17,22H2,1-3H3. The second kappa shape index (κ2) is 11.4. The van der Waals surface area contributed by atoms with Crippen molar-refractivity contribution in [2.75, 3.05) is 19.4 Å². The maximum absolute atomic E-state index is 12.5. The maximum Gasteiger partial charge on any atom is 0.343 e. The van der Waals surface area contributed by atoms with E-state index in [1.165, 1.54) is 5.56 Å². The molecule has 0 spiro atoms. The Labute approximate surface area is 224 Å². The summed E-state index contributed by atoms with van der Waals surface area (Å²) in [5, 5.41) is 3.68. The lowest BCUT2D eigenvalue weighted by Crippen LogP contribution is -2.30. The monoisotopic (exact) mass is 504 g/mol. The predicted molar refractivity (Wildman–Crippen MR) is 152 cm³/mol. The third kappa shape index (κ3) is 5.79. The minimum Gasteiger partial charge on any atom is -0.475 e. The van der Waals surface area contributed by atoms with Gasteiger partial charge in [-0.3, -0.25) is 4.90 Å². The lowest BCUT2D eigenvalue weighted by Gasteiger charge is -2.25. The minimum atomic E-state index is -0.370. The third-order valence-electron chi connectivity index (χ3n) is 6.79. The first-order valence-corrected chi connectivity index (χ1v) is 12.9. The van der Waals surface area contributed by atoms with Crippen LogP contribution in [-0.2, 0) is 6.42 Å². The molecule has 1 unspecified atom stereocenters. The number of aryl methyl sites for hydroxylation is 1. The van der Waals surface area contributed by atoms with Gasteiger partial charge in [-0.2, -0.15) is 0 Å². The van der Waals surface area contributed by atoms with E-state index in [-0.39, 0.29) is 12.2 Å². The Morgan fingerprint density at radius 3 is 2.00 bits per heavy atom. The summed E-state index contributed by atoms with van der Waals surface area (Å²) in [5.41, 5.74) is 7.39. The van der Waals surface area contributed by atoms with Gasteiger partial charge in [-0.25, -0.2) is 4.79 Å². The number of anilines is 1. The normalized spacial score (nSPS) is 14.7. The number of fused-ring (bicyclic) bond motifs is 1. The van der Waals surface area contributed by atoms with E-state index < -0.39 is 0 Å². The predicted octanol–water partition coefficient (Wildman–Crippen LogP) is 7.01. The summed E-state index contributed by atoms with van der Waals surface area (Å²) in [7, 11) is 3.99. The summed E-state index contributed by atoms with van der Waals surface area (Å²) < 4.78 is 11.7. The fourth-order valence-corrected chi connectivity index (χ4v) is 4.48. The van der Waals surface area contributed by atoms with Gasteiger partial charge < -0.3 is 14.8 Å². The number of carbonyl (C=O) groups is 1. The molecule has 192 valence electrons. The average molecular weight is 505 g/mol. The molecule has 4 aromatic rings. The van der Waals surface area contributed by atoms with Crippen LogP contribution >= 0.6 is 0 Å². The number of allylic oxidation sites excluding steroid dienone is 1. The molecule has 1 heterocycles. The molecule has 0 aromatic heterocycles. The van der Waals surface area contributed by atoms with Crippen LogP contribution in [0.2, 0.25) is 0 Å². The zero-order valence-electron chi connectivity index (χ0n) is 22.0. The molecule has 1 atom stereocenters. The van der Waals surface area contributed by atoms with Crippen molar-refractivity contribution in [1.29, 1.82) is 0 Å². The summed E-state index contributed by atoms with van der Waals surface area (Å²) >= 11 is 0. The summed E-state index contributed by atoms with van der Waals surface area (Å²) in [5.74, 6) is 0.963. The van der Waals surface area contributed by atoms with Gasteiger partial charge in [0.15, 0.2) is 0 Å². The number of para-hydroxylation sites is 1.